The topological polar surface area (TPSA) is 115 Å². The van der Waals surface area contributed by atoms with Crippen molar-refractivity contribution in [1.29, 1.82) is 0 Å². The van der Waals surface area contributed by atoms with Gasteiger partial charge in [-0.25, -0.2) is 4.79 Å². The van der Waals surface area contributed by atoms with E-state index in [1.165, 1.54) is 25.0 Å². The van der Waals surface area contributed by atoms with Crippen molar-refractivity contribution in [3.63, 3.8) is 0 Å². The largest absolute Gasteiger partial charge is 0.497 e. The van der Waals surface area contributed by atoms with Crippen LogP contribution in [0.25, 0.3) is 10.8 Å². The highest BCUT2D eigenvalue weighted by Gasteiger charge is 2.46. The number of aromatic hydroxyl groups is 1. The Morgan fingerprint density at radius 3 is 2.77 bits per heavy atom. The Morgan fingerprint density at radius 1 is 1.23 bits per heavy atom. The molecule has 1 fully saturated rings. The Morgan fingerprint density at radius 2 is 2.07 bits per heavy atom. The number of carbonyl (C=O) groups excluding carboxylic acids is 2. The molecule has 0 spiro atoms. The summed E-state index contributed by atoms with van der Waals surface area (Å²) in [6, 6.07) is 6.22. The molecule has 3 amide bonds. The lowest BCUT2D eigenvalue weighted by atomic mass is 10.00. The van der Waals surface area contributed by atoms with Crippen molar-refractivity contribution in [2.45, 2.75) is 12.1 Å². The molecule has 0 unspecified atom stereocenters. The van der Waals surface area contributed by atoms with Gasteiger partial charge >= 0.3 is 6.03 Å². The number of imide groups is 1. The molecule has 1 atom stereocenters. The van der Waals surface area contributed by atoms with Crippen LogP contribution in [0.15, 0.2) is 42.9 Å². The van der Waals surface area contributed by atoms with Crippen LogP contribution >= 0.6 is 0 Å². The zero-order valence-electron chi connectivity index (χ0n) is 16.2. The minimum absolute atomic E-state index is 0.0713. The molecule has 3 aromatic rings. The molecule has 4 rings (SSSR count). The molecule has 1 aliphatic rings. The van der Waals surface area contributed by atoms with Crippen LogP contribution in [0.3, 0.4) is 0 Å². The quantitative estimate of drug-likeness (QED) is 0.446. The van der Waals surface area contributed by atoms with Crippen LogP contribution in [0.5, 0.6) is 17.4 Å². The zero-order valence-corrected chi connectivity index (χ0v) is 16.2. The number of methoxy groups -OCH3 is 2. The van der Waals surface area contributed by atoms with Crippen LogP contribution in [0.1, 0.15) is 5.56 Å². The lowest BCUT2D eigenvalue weighted by molar-refractivity contribution is -0.122. The Kier molecular flexibility index (Phi) is 4.68. The first-order chi connectivity index (χ1) is 14.5. The molecule has 0 saturated carbocycles. The van der Waals surface area contributed by atoms with E-state index in [2.05, 4.69) is 27.5 Å². The van der Waals surface area contributed by atoms with E-state index in [1.54, 1.807) is 36.7 Å². The van der Waals surface area contributed by atoms with Gasteiger partial charge in [0, 0.05) is 29.4 Å². The van der Waals surface area contributed by atoms with Crippen LogP contribution in [0, 0.1) is 11.8 Å². The minimum atomic E-state index is -1.59. The standard InChI is InChI=1S/C21H18N4O5/c1-29-15-4-3-14-11-25(18(26)16(14)9-15)12-21(19(27)23-20(28)24-21)7-5-13-10-22-8-6-17(13)30-2/h3-4,6,8-11,26H,12H2,1-2H3,(H2,23,24,27,28)/t21-/m1/s1. The van der Waals surface area contributed by atoms with E-state index < -0.39 is 17.5 Å². The molecule has 1 aliphatic heterocycles. The number of benzene rings is 1. The maximum absolute atomic E-state index is 12.7. The Balaban J connectivity index is 1.77. The van der Waals surface area contributed by atoms with Crippen molar-refractivity contribution in [3.8, 4) is 29.2 Å². The van der Waals surface area contributed by atoms with Crippen LogP contribution < -0.4 is 20.1 Å². The van der Waals surface area contributed by atoms with Crippen molar-refractivity contribution in [2.75, 3.05) is 14.2 Å². The first-order valence-corrected chi connectivity index (χ1v) is 8.96. The molecule has 30 heavy (non-hydrogen) atoms. The third-order valence-corrected chi connectivity index (χ3v) is 4.83. The molecule has 1 saturated heterocycles. The van der Waals surface area contributed by atoms with E-state index in [-0.39, 0.29) is 12.4 Å². The van der Waals surface area contributed by atoms with Gasteiger partial charge in [-0.1, -0.05) is 11.8 Å². The van der Waals surface area contributed by atoms with Gasteiger partial charge in [-0.15, -0.1) is 0 Å². The maximum atomic E-state index is 12.7. The number of pyridine rings is 1. The molecule has 152 valence electrons. The smallest absolute Gasteiger partial charge is 0.323 e. The maximum Gasteiger partial charge on any atom is 0.323 e. The Labute approximate surface area is 171 Å². The average Bonchev–Trinajstić information content (AvgIpc) is 3.21. The van der Waals surface area contributed by atoms with Crippen molar-refractivity contribution < 1.29 is 24.2 Å². The van der Waals surface area contributed by atoms with Gasteiger partial charge < -0.3 is 24.5 Å². The number of amides is 3. The van der Waals surface area contributed by atoms with Gasteiger partial charge in [-0.3, -0.25) is 15.1 Å². The molecule has 0 bridgehead atoms. The second kappa shape index (κ2) is 7.33. The number of fused-ring (bicyclic) bond motifs is 1. The fourth-order valence-corrected chi connectivity index (χ4v) is 3.29. The van der Waals surface area contributed by atoms with E-state index in [1.807, 2.05) is 0 Å². The van der Waals surface area contributed by atoms with Gasteiger partial charge in [0.25, 0.3) is 5.91 Å². The predicted molar refractivity (Wildman–Crippen MR) is 107 cm³/mol. The van der Waals surface area contributed by atoms with Crippen LogP contribution in [0.4, 0.5) is 4.79 Å². The molecular weight excluding hydrogens is 388 g/mol. The second-order valence-electron chi connectivity index (χ2n) is 6.67. The zero-order chi connectivity index (χ0) is 21.3. The lowest BCUT2D eigenvalue weighted by Crippen LogP contribution is -2.49. The van der Waals surface area contributed by atoms with E-state index in [0.717, 1.165) is 5.39 Å². The fraction of sp³-hybridized carbons (Fsp3) is 0.190. The normalized spacial score (nSPS) is 17.8. The van der Waals surface area contributed by atoms with Crippen LogP contribution in [-0.2, 0) is 11.3 Å². The summed E-state index contributed by atoms with van der Waals surface area (Å²) in [6.07, 6.45) is 4.74. The fourth-order valence-electron chi connectivity index (χ4n) is 3.29. The van der Waals surface area contributed by atoms with Crippen molar-refractivity contribution in [2.24, 2.45) is 0 Å². The number of nitrogens with zero attached hydrogens (tertiary/aromatic N) is 2. The van der Waals surface area contributed by atoms with Crippen molar-refractivity contribution in [3.05, 3.63) is 48.4 Å². The Bertz CT molecular complexity index is 1220. The summed E-state index contributed by atoms with van der Waals surface area (Å²) in [7, 11) is 3.03. The van der Waals surface area contributed by atoms with Gasteiger partial charge in [0.2, 0.25) is 5.54 Å². The van der Waals surface area contributed by atoms with Gasteiger partial charge in [-0.2, -0.15) is 0 Å². The highest BCUT2D eigenvalue weighted by atomic mass is 16.5. The van der Waals surface area contributed by atoms with E-state index >= 15 is 0 Å². The molecule has 0 aliphatic carbocycles. The highest BCUT2D eigenvalue weighted by Crippen LogP contribution is 2.32. The third kappa shape index (κ3) is 3.24. The molecule has 9 heteroatoms. The summed E-state index contributed by atoms with van der Waals surface area (Å²) in [5.74, 6) is 6.08. The number of nitrogens with one attached hydrogen (secondary N) is 2. The monoisotopic (exact) mass is 406 g/mol. The minimum Gasteiger partial charge on any atom is -0.497 e. The molecular formula is C21H18N4O5. The third-order valence-electron chi connectivity index (χ3n) is 4.83. The van der Waals surface area contributed by atoms with E-state index in [0.29, 0.717) is 22.4 Å². The molecule has 0 radical (unpaired) electrons. The number of urea groups is 1. The van der Waals surface area contributed by atoms with Gasteiger partial charge in [0.1, 0.15) is 11.5 Å². The summed E-state index contributed by atoms with van der Waals surface area (Å²) in [5.41, 5.74) is -1.13. The SMILES string of the molecule is COc1ccc2cn(C[C@@]3(C#Cc4cnccc4OC)NC(=O)NC3=O)c(O)c2c1. The van der Waals surface area contributed by atoms with E-state index in [9.17, 15) is 14.7 Å². The molecule has 9 nitrogen and oxygen atoms in total. The van der Waals surface area contributed by atoms with Crippen LogP contribution in [-0.4, -0.2) is 46.4 Å². The van der Waals surface area contributed by atoms with Crippen LogP contribution in [0.2, 0.25) is 0 Å². The predicted octanol–water partition coefficient (Wildman–Crippen LogP) is 1.39. The Hall–Kier alpha value is -4.19. The molecule has 3 N–H and O–H groups in total. The van der Waals surface area contributed by atoms with E-state index in [4.69, 9.17) is 9.47 Å². The number of aromatic nitrogens is 2. The van der Waals surface area contributed by atoms with Gasteiger partial charge in [0.05, 0.1) is 26.3 Å². The van der Waals surface area contributed by atoms with Gasteiger partial charge in [-0.05, 0) is 24.3 Å². The number of rotatable bonds is 4. The highest BCUT2D eigenvalue weighted by molar-refractivity contribution is 6.09. The number of hydrogen-bond donors (Lipinski definition) is 3. The molecule has 2 aromatic heterocycles. The molecule has 1 aromatic carbocycles. The van der Waals surface area contributed by atoms with Crippen molar-refractivity contribution >= 4 is 22.7 Å². The number of carbonyl (C=O) groups is 2. The summed E-state index contributed by atoms with van der Waals surface area (Å²) in [5, 5.41) is 16.8. The molecule has 3 heterocycles. The first kappa shape index (κ1) is 19.1. The summed E-state index contributed by atoms with van der Waals surface area (Å²) in [4.78, 5) is 28.6. The summed E-state index contributed by atoms with van der Waals surface area (Å²) in [6.45, 7) is -0.108. The number of hydrogen-bond acceptors (Lipinski definition) is 6. The second-order valence-corrected chi connectivity index (χ2v) is 6.67. The van der Waals surface area contributed by atoms with Crippen molar-refractivity contribution in [1.82, 2.24) is 20.2 Å². The summed E-state index contributed by atoms with van der Waals surface area (Å²) >= 11 is 0. The average molecular weight is 406 g/mol. The lowest BCUT2D eigenvalue weighted by Gasteiger charge is -2.20. The summed E-state index contributed by atoms with van der Waals surface area (Å²) < 4.78 is 11.9. The van der Waals surface area contributed by atoms with Gasteiger partial charge in [0.15, 0.2) is 5.88 Å². The number of ether oxygens (including phenoxy) is 2. The first-order valence-electron chi connectivity index (χ1n) is 8.96.